The van der Waals surface area contributed by atoms with E-state index in [2.05, 4.69) is 4.74 Å². The first-order valence-electron chi connectivity index (χ1n) is 3.20. The van der Waals surface area contributed by atoms with Crippen molar-refractivity contribution in [2.45, 2.75) is 10.9 Å². The first-order chi connectivity index (χ1) is 4.81. The van der Waals surface area contributed by atoms with E-state index in [9.17, 15) is 4.79 Å². The predicted molar refractivity (Wildman–Crippen MR) is 36.4 cm³/mol. The van der Waals surface area contributed by atoms with Gasteiger partial charge in [-0.15, -0.1) is 0 Å². The van der Waals surface area contributed by atoms with Gasteiger partial charge in [-0.05, 0) is 0 Å². The van der Waals surface area contributed by atoms with Crippen LogP contribution in [0.25, 0.3) is 0 Å². The molecule has 10 heavy (non-hydrogen) atoms. The standard InChI is InChI=1S/C6H9O2.ClH.Hg/c1-3-5-6(7)8-4-2;;/h3,5H,1,4H2,2H3;1H;/q;;+1/p-1. The molecule has 54 valence electrons. The molecule has 0 aromatic rings. The third kappa shape index (κ3) is 6.55. The van der Waals surface area contributed by atoms with E-state index in [1.807, 2.05) is 0 Å². The quantitative estimate of drug-likeness (QED) is 0.439. The van der Waals surface area contributed by atoms with E-state index in [0.717, 1.165) is 3.93 Å². The minimum atomic E-state index is -1.07. The van der Waals surface area contributed by atoms with E-state index in [-0.39, 0.29) is 5.97 Å². The second-order valence-electron chi connectivity index (χ2n) is 1.63. The number of carbonyl (C=O) groups is 1. The van der Waals surface area contributed by atoms with E-state index < -0.39 is 23.3 Å². The molecule has 0 N–H and O–H groups in total. The molecule has 0 aromatic heterocycles. The van der Waals surface area contributed by atoms with Crippen molar-refractivity contribution in [2.24, 2.45) is 0 Å². The molecular formula is C6H9ClHgO2. The fraction of sp³-hybridized carbons (Fsp3) is 0.500. The molecule has 4 heteroatoms. The van der Waals surface area contributed by atoms with Gasteiger partial charge in [0.25, 0.3) is 0 Å². The van der Waals surface area contributed by atoms with Crippen molar-refractivity contribution < 1.29 is 32.9 Å². The molecule has 0 fully saturated rings. The average Bonchev–Trinajstić information content (AvgIpc) is 1.89. The van der Waals surface area contributed by atoms with Gasteiger partial charge in [0.2, 0.25) is 0 Å². The molecule has 0 saturated carbocycles. The van der Waals surface area contributed by atoms with Crippen molar-refractivity contribution in [1.29, 1.82) is 0 Å². The Balaban J connectivity index is 3.36. The molecule has 2 nitrogen and oxygen atoms in total. The van der Waals surface area contributed by atoms with Gasteiger partial charge >= 0.3 is 76.7 Å². The van der Waals surface area contributed by atoms with Crippen LogP contribution >= 0.6 is 8.25 Å². The molecule has 0 spiro atoms. The number of carbonyl (C=O) groups excluding carboxylic acids is 1. The average molecular weight is 349 g/mol. The predicted octanol–water partition coefficient (Wildman–Crippen LogP) is 1.76. The van der Waals surface area contributed by atoms with E-state index in [0.29, 0.717) is 6.61 Å². The van der Waals surface area contributed by atoms with Gasteiger partial charge in [-0.25, -0.2) is 0 Å². The summed E-state index contributed by atoms with van der Waals surface area (Å²) in [4.78, 5) is 10.6. The number of halogens is 1. The normalized spacial score (nSPS) is 9.40. The first-order valence-corrected chi connectivity index (χ1v) is 13.9. The number of allylic oxidation sites excluding steroid dienone is 1. The molecule has 0 aliphatic rings. The minimum absolute atomic E-state index is 0.263. The van der Waals surface area contributed by atoms with Gasteiger partial charge in [0.1, 0.15) is 0 Å². The van der Waals surface area contributed by atoms with Gasteiger partial charge in [0.05, 0.1) is 0 Å². The van der Waals surface area contributed by atoms with E-state index >= 15 is 0 Å². The third-order valence-corrected chi connectivity index (χ3v) is 4.88. The van der Waals surface area contributed by atoms with E-state index in [1.165, 1.54) is 6.08 Å². The van der Waals surface area contributed by atoms with Crippen LogP contribution in [0.1, 0.15) is 6.92 Å². The Labute approximate surface area is 76.5 Å². The Kier molecular flexibility index (Phi) is 7.87. The molecule has 0 aliphatic heterocycles. The van der Waals surface area contributed by atoms with Crippen LogP contribution in [0, 0.1) is 0 Å². The van der Waals surface area contributed by atoms with Gasteiger partial charge in [-0.3, -0.25) is 0 Å². The summed E-state index contributed by atoms with van der Waals surface area (Å²) < 4.78 is 5.58. The van der Waals surface area contributed by atoms with E-state index in [1.54, 1.807) is 13.0 Å². The van der Waals surface area contributed by atoms with Crippen molar-refractivity contribution in [3.05, 3.63) is 12.2 Å². The second kappa shape index (κ2) is 7.54. The zero-order valence-electron chi connectivity index (χ0n) is 5.97. The van der Waals surface area contributed by atoms with Crippen LogP contribution in [0.5, 0.6) is 0 Å². The molecular weight excluding hydrogens is 340 g/mol. The molecule has 0 amide bonds. The monoisotopic (exact) mass is 350 g/mol. The maximum atomic E-state index is 10.6. The molecule has 0 unspecified atom stereocenters. The number of ether oxygens (including phenoxy) is 1. The van der Waals surface area contributed by atoms with Crippen molar-refractivity contribution in [3.8, 4) is 0 Å². The van der Waals surface area contributed by atoms with Gasteiger partial charge in [-0.1, -0.05) is 0 Å². The number of rotatable bonds is 4. The van der Waals surface area contributed by atoms with E-state index in [4.69, 9.17) is 8.25 Å². The molecule has 0 radical (unpaired) electrons. The molecule has 0 heterocycles. The van der Waals surface area contributed by atoms with Gasteiger partial charge in [0, 0.05) is 0 Å². The number of hydrogen-bond acceptors (Lipinski definition) is 2. The van der Waals surface area contributed by atoms with Crippen LogP contribution in [0.4, 0.5) is 0 Å². The van der Waals surface area contributed by atoms with Crippen LogP contribution in [-0.2, 0) is 32.9 Å². The molecule has 0 aromatic carbocycles. The Bertz CT molecular complexity index is 125. The van der Waals surface area contributed by atoms with Gasteiger partial charge in [0.15, 0.2) is 0 Å². The third-order valence-electron chi connectivity index (χ3n) is 0.816. The summed E-state index contributed by atoms with van der Waals surface area (Å²) in [5.74, 6) is -0.263. The number of esters is 1. The van der Waals surface area contributed by atoms with Crippen LogP contribution in [0.15, 0.2) is 12.2 Å². The Morgan fingerprint density at radius 1 is 1.80 bits per heavy atom. The van der Waals surface area contributed by atoms with Crippen LogP contribution in [0.3, 0.4) is 0 Å². The molecule has 0 atom stereocenters. The number of hydrogen-bond donors (Lipinski definition) is 0. The summed E-state index contributed by atoms with van der Waals surface area (Å²) in [7, 11) is 5.58. The first kappa shape index (κ1) is 10.4. The maximum absolute atomic E-state index is 10.6. The summed E-state index contributed by atoms with van der Waals surface area (Å²) in [6.07, 6.45) is 3.25. The summed E-state index contributed by atoms with van der Waals surface area (Å²) in [6.45, 7) is 2.22. The van der Waals surface area contributed by atoms with Crippen molar-refractivity contribution in [1.82, 2.24) is 0 Å². The van der Waals surface area contributed by atoms with Gasteiger partial charge < -0.3 is 0 Å². The fourth-order valence-electron chi connectivity index (χ4n) is 0.433. The summed E-state index contributed by atoms with van der Waals surface area (Å²) in [5.41, 5.74) is 0. The van der Waals surface area contributed by atoms with Crippen molar-refractivity contribution >= 4 is 14.2 Å². The summed E-state index contributed by atoms with van der Waals surface area (Å²) in [6, 6.07) is 0. The SMILES string of the molecule is CCOC(=O)C=C[CH2][Hg][Cl]. The van der Waals surface area contributed by atoms with Crippen molar-refractivity contribution in [3.63, 3.8) is 0 Å². The molecule has 0 saturated heterocycles. The fourth-order valence-corrected chi connectivity index (χ4v) is 2.68. The molecule has 0 bridgehead atoms. The Morgan fingerprint density at radius 2 is 2.50 bits per heavy atom. The van der Waals surface area contributed by atoms with Crippen LogP contribution < -0.4 is 0 Å². The summed E-state index contributed by atoms with van der Waals surface area (Å²) in [5, 5.41) is 0. The van der Waals surface area contributed by atoms with Crippen molar-refractivity contribution in [2.75, 3.05) is 6.61 Å². The van der Waals surface area contributed by atoms with Crippen LogP contribution in [0.2, 0.25) is 3.93 Å². The second-order valence-corrected chi connectivity index (χ2v) is 8.66. The topological polar surface area (TPSA) is 26.3 Å². The zero-order valence-corrected chi connectivity index (χ0v) is 12.2. The molecule has 0 aliphatic carbocycles. The van der Waals surface area contributed by atoms with Crippen LogP contribution in [-0.4, -0.2) is 12.6 Å². The Hall–Kier alpha value is 0.435. The summed E-state index contributed by atoms with van der Waals surface area (Å²) >= 11 is -1.07. The molecule has 0 rings (SSSR count). The van der Waals surface area contributed by atoms with Gasteiger partial charge in [-0.2, -0.15) is 0 Å². The Morgan fingerprint density at radius 3 is 3.00 bits per heavy atom. The zero-order chi connectivity index (χ0) is 7.82.